The minimum Gasteiger partial charge on any atom is -0.309 e. The van der Waals surface area contributed by atoms with Crippen molar-refractivity contribution in [3.63, 3.8) is 0 Å². The van der Waals surface area contributed by atoms with Gasteiger partial charge in [0.05, 0.1) is 27.8 Å². The van der Waals surface area contributed by atoms with E-state index in [0.717, 1.165) is 0 Å². The average molecular weight is 671 g/mol. The Labute approximate surface area is 305 Å². The van der Waals surface area contributed by atoms with Gasteiger partial charge >= 0.3 is 0 Å². The molecule has 0 amide bonds. The maximum absolute atomic E-state index is 2.58. The Hall–Kier alpha value is -5.86. The maximum atomic E-state index is 2.58. The third-order valence-electron chi connectivity index (χ3n) is 12.0. The van der Waals surface area contributed by atoms with E-state index in [1.165, 1.54) is 101 Å². The summed E-state index contributed by atoms with van der Waals surface area (Å²) in [6.07, 6.45) is 2.35. The summed E-state index contributed by atoms with van der Waals surface area (Å²) in [7, 11) is 0. The Morgan fingerprint density at radius 1 is 0.423 bits per heavy atom. The van der Waals surface area contributed by atoms with E-state index in [-0.39, 0.29) is 10.8 Å². The van der Waals surface area contributed by atoms with Crippen LogP contribution in [0.4, 0.5) is 0 Å². The summed E-state index contributed by atoms with van der Waals surface area (Å²) in [4.78, 5) is 0. The van der Waals surface area contributed by atoms with Gasteiger partial charge in [-0.15, -0.1) is 0 Å². The van der Waals surface area contributed by atoms with Gasteiger partial charge in [0, 0.05) is 32.8 Å². The van der Waals surface area contributed by atoms with Crippen LogP contribution in [0.25, 0.3) is 77.2 Å². The summed E-state index contributed by atoms with van der Waals surface area (Å²) in [5.41, 5.74) is 15.4. The van der Waals surface area contributed by atoms with Crippen molar-refractivity contribution in [2.24, 2.45) is 0 Å². The van der Waals surface area contributed by atoms with E-state index in [4.69, 9.17) is 0 Å². The molecule has 1 aliphatic rings. The molecule has 0 N–H and O–H groups in total. The number of nitrogens with zero attached hydrogens (tertiary/aromatic N) is 2. The minimum absolute atomic E-state index is 0.0774. The lowest BCUT2D eigenvalue weighted by Crippen LogP contribution is -2.33. The molecule has 0 saturated carbocycles. The molecule has 2 nitrogen and oxygen atoms in total. The molecule has 1 aliphatic carbocycles. The lowest BCUT2D eigenvalue weighted by atomic mass is 9.63. The van der Waals surface area contributed by atoms with Gasteiger partial charge in [-0.05, 0) is 100 Å². The molecule has 10 rings (SSSR count). The van der Waals surface area contributed by atoms with E-state index in [2.05, 4.69) is 195 Å². The first-order valence-electron chi connectivity index (χ1n) is 18.7. The van der Waals surface area contributed by atoms with Crippen molar-refractivity contribution < 1.29 is 0 Å². The van der Waals surface area contributed by atoms with E-state index >= 15 is 0 Å². The molecule has 9 aromatic rings. The highest BCUT2D eigenvalue weighted by atomic mass is 15.0. The van der Waals surface area contributed by atoms with E-state index < -0.39 is 0 Å². The Morgan fingerprint density at radius 2 is 1.04 bits per heavy atom. The van der Waals surface area contributed by atoms with Crippen LogP contribution in [-0.4, -0.2) is 9.13 Å². The SMILES string of the molecule is CC1(C)CCC(C)(C)c2cc3c(cc21)c1c(ccc2c4ccccc4n(-c4ccccc4)c21)n3-c1ccc(-c2ccccc2)cc1-c1ccccc1. The van der Waals surface area contributed by atoms with Crippen LogP contribution in [0.15, 0.2) is 158 Å². The van der Waals surface area contributed by atoms with Crippen molar-refractivity contribution in [1.29, 1.82) is 0 Å². The van der Waals surface area contributed by atoms with Gasteiger partial charge in [0.1, 0.15) is 0 Å². The van der Waals surface area contributed by atoms with Crippen LogP contribution in [0, 0.1) is 0 Å². The number of benzene rings is 7. The molecule has 252 valence electrons. The fourth-order valence-electron chi connectivity index (χ4n) is 9.11. The van der Waals surface area contributed by atoms with E-state index in [0.29, 0.717) is 0 Å². The summed E-state index contributed by atoms with van der Waals surface area (Å²) >= 11 is 0. The number of para-hydroxylation sites is 2. The van der Waals surface area contributed by atoms with Gasteiger partial charge in [0.25, 0.3) is 0 Å². The summed E-state index contributed by atoms with van der Waals surface area (Å²) in [5.74, 6) is 0. The summed E-state index contributed by atoms with van der Waals surface area (Å²) in [6.45, 7) is 9.77. The van der Waals surface area contributed by atoms with Crippen molar-refractivity contribution in [1.82, 2.24) is 9.13 Å². The predicted molar refractivity (Wildman–Crippen MR) is 221 cm³/mol. The highest BCUT2D eigenvalue weighted by Gasteiger charge is 2.38. The van der Waals surface area contributed by atoms with Crippen LogP contribution in [0.3, 0.4) is 0 Å². The van der Waals surface area contributed by atoms with Crippen LogP contribution in [0.2, 0.25) is 0 Å². The highest BCUT2D eigenvalue weighted by molar-refractivity contribution is 6.26. The number of rotatable bonds is 4. The zero-order valence-corrected chi connectivity index (χ0v) is 30.3. The van der Waals surface area contributed by atoms with Crippen molar-refractivity contribution in [2.75, 3.05) is 0 Å². The van der Waals surface area contributed by atoms with Crippen molar-refractivity contribution in [2.45, 2.75) is 51.4 Å². The summed E-state index contributed by atoms with van der Waals surface area (Å²) < 4.78 is 5.08. The van der Waals surface area contributed by atoms with Gasteiger partial charge in [-0.3, -0.25) is 0 Å². The fraction of sp³-hybridized carbons (Fsp3) is 0.160. The molecule has 0 unspecified atom stereocenters. The van der Waals surface area contributed by atoms with Crippen LogP contribution in [-0.2, 0) is 10.8 Å². The van der Waals surface area contributed by atoms with Gasteiger partial charge in [-0.2, -0.15) is 0 Å². The fourth-order valence-corrected chi connectivity index (χ4v) is 9.11. The molecular formula is C50H42N2. The third-order valence-corrected chi connectivity index (χ3v) is 12.0. The molecule has 0 atom stereocenters. The van der Waals surface area contributed by atoms with Gasteiger partial charge < -0.3 is 9.13 Å². The largest absolute Gasteiger partial charge is 0.309 e. The maximum Gasteiger partial charge on any atom is 0.0641 e. The van der Waals surface area contributed by atoms with Crippen LogP contribution >= 0.6 is 0 Å². The zero-order valence-electron chi connectivity index (χ0n) is 30.3. The van der Waals surface area contributed by atoms with E-state index in [9.17, 15) is 0 Å². The van der Waals surface area contributed by atoms with Crippen LogP contribution in [0.1, 0.15) is 51.7 Å². The molecule has 52 heavy (non-hydrogen) atoms. The van der Waals surface area contributed by atoms with Gasteiger partial charge in [-0.1, -0.05) is 137 Å². The van der Waals surface area contributed by atoms with Crippen LogP contribution < -0.4 is 0 Å². The summed E-state index contributed by atoms with van der Waals surface area (Å²) in [6, 6.07) is 58.4. The average Bonchev–Trinajstić information content (AvgIpc) is 3.69. The number of hydrogen-bond acceptors (Lipinski definition) is 0. The molecule has 0 radical (unpaired) electrons. The Morgan fingerprint density at radius 3 is 1.75 bits per heavy atom. The standard InChI is InChI=1S/C50H42N2/c1-49(2)28-29-50(3,4)42-32-46-40(31-41(42)49)47-45(27-25-38-37-22-14-15-23-43(37)51(48(38)47)36-20-12-7-13-21-36)52(46)44-26-24-35(33-16-8-5-9-17-33)30-39(44)34-18-10-6-11-19-34/h5-27,30-32H,28-29H2,1-4H3. The molecule has 0 saturated heterocycles. The second-order valence-electron chi connectivity index (χ2n) is 16.0. The molecule has 0 bridgehead atoms. The second kappa shape index (κ2) is 11.3. The number of aromatic nitrogens is 2. The zero-order chi connectivity index (χ0) is 35.2. The molecule has 0 aliphatic heterocycles. The van der Waals surface area contributed by atoms with Gasteiger partial charge in [-0.25, -0.2) is 0 Å². The highest BCUT2D eigenvalue weighted by Crippen LogP contribution is 2.50. The van der Waals surface area contributed by atoms with Gasteiger partial charge in [0.15, 0.2) is 0 Å². The first-order chi connectivity index (χ1) is 25.3. The lowest BCUT2D eigenvalue weighted by molar-refractivity contribution is 0.332. The third kappa shape index (κ3) is 4.57. The topological polar surface area (TPSA) is 9.86 Å². The molecule has 0 fully saturated rings. The lowest BCUT2D eigenvalue weighted by Gasteiger charge is -2.42. The Balaban J connectivity index is 1.41. The molecule has 7 aromatic carbocycles. The molecular weight excluding hydrogens is 629 g/mol. The number of fused-ring (bicyclic) bond motifs is 8. The van der Waals surface area contributed by atoms with Crippen molar-refractivity contribution >= 4 is 43.6 Å². The van der Waals surface area contributed by atoms with Crippen LogP contribution in [0.5, 0.6) is 0 Å². The normalized spacial score (nSPS) is 15.1. The van der Waals surface area contributed by atoms with Gasteiger partial charge in [0.2, 0.25) is 0 Å². The monoisotopic (exact) mass is 670 g/mol. The molecule has 2 heteroatoms. The van der Waals surface area contributed by atoms with E-state index in [1.807, 2.05) is 0 Å². The molecule has 2 aromatic heterocycles. The molecule has 2 heterocycles. The van der Waals surface area contributed by atoms with Crippen molar-refractivity contribution in [3.05, 3.63) is 169 Å². The smallest absolute Gasteiger partial charge is 0.0641 e. The first kappa shape index (κ1) is 30.9. The molecule has 0 spiro atoms. The van der Waals surface area contributed by atoms with E-state index in [1.54, 1.807) is 0 Å². The Kier molecular flexibility index (Phi) is 6.73. The quantitative estimate of drug-likeness (QED) is 0.176. The first-order valence-corrected chi connectivity index (χ1v) is 18.7. The minimum atomic E-state index is 0.0774. The Bertz CT molecular complexity index is 2810. The predicted octanol–water partition coefficient (Wildman–Crippen LogP) is 13.6. The number of hydrogen-bond donors (Lipinski definition) is 0. The van der Waals surface area contributed by atoms with Crippen molar-refractivity contribution in [3.8, 4) is 33.6 Å². The summed E-state index contributed by atoms with van der Waals surface area (Å²) in [5, 5.41) is 5.18. The second-order valence-corrected chi connectivity index (χ2v) is 16.0.